The standard InChI is InChI=1S/C17H19NS/c1-11-16(12(2)18)10-19-17(11)15-8-7-13-5-3-4-6-14(13)9-15/h7-10,18H,3-6H2,1-2H3. The second kappa shape index (κ2) is 4.93. The van der Waals surface area contributed by atoms with Crippen molar-refractivity contribution in [3.63, 3.8) is 0 Å². The average molecular weight is 269 g/mol. The van der Waals surface area contributed by atoms with E-state index in [9.17, 15) is 0 Å². The lowest BCUT2D eigenvalue weighted by Crippen LogP contribution is -2.02. The van der Waals surface area contributed by atoms with Gasteiger partial charge in [-0.15, -0.1) is 11.3 Å². The number of hydrogen-bond donors (Lipinski definition) is 1. The zero-order valence-electron chi connectivity index (χ0n) is 11.5. The van der Waals surface area contributed by atoms with E-state index < -0.39 is 0 Å². The third-order valence-electron chi connectivity index (χ3n) is 4.05. The van der Waals surface area contributed by atoms with Gasteiger partial charge in [0, 0.05) is 21.5 Å². The molecule has 1 nitrogen and oxygen atoms in total. The van der Waals surface area contributed by atoms with Crippen LogP contribution >= 0.6 is 11.3 Å². The first kappa shape index (κ1) is 12.6. The van der Waals surface area contributed by atoms with E-state index in [0.29, 0.717) is 5.71 Å². The van der Waals surface area contributed by atoms with E-state index in [2.05, 4.69) is 30.5 Å². The van der Waals surface area contributed by atoms with E-state index >= 15 is 0 Å². The van der Waals surface area contributed by atoms with Gasteiger partial charge in [-0.25, -0.2) is 0 Å². The van der Waals surface area contributed by atoms with Gasteiger partial charge >= 0.3 is 0 Å². The van der Waals surface area contributed by atoms with E-state index in [1.807, 2.05) is 6.92 Å². The lowest BCUT2D eigenvalue weighted by atomic mass is 9.90. The second-order valence-electron chi connectivity index (χ2n) is 5.42. The Morgan fingerprint density at radius 2 is 1.89 bits per heavy atom. The molecule has 1 heterocycles. The summed E-state index contributed by atoms with van der Waals surface area (Å²) in [7, 11) is 0. The molecule has 1 N–H and O–H groups in total. The minimum atomic E-state index is 0.665. The Bertz CT molecular complexity index is 637. The molecule has 98 valence electrons. The molecule has 0 aliphatic heterocycles. The molecule has 19 heavy (non-hydrogen) atoms. The third-order valence-corrected chi connectivity index (χ3v) is 5.19. The van der Waals surface area contributed by atoms with Gasteiger partial charge in [-0.1, -0.05) is 18.2 Å². The lowest BCUT2D eigenvalue weighted by molar-refractivity contribution is 0.686. The minimum absolute atomic E-state index is 0.665. The molecule has 0 atom stereocenters. The van der Waals surface area contributed by atoms with Gasteiger partial charge in [0.1, 0.15) is 0 Å². The van der Waals surface area contributed by atoms with Gasteiger partial charge < -0.3 is 5.41 Å². The molecule has 1 aliphatic rings. The molecule has 1 aliphatic carbocycles. The Balaban J connectivity index is 2.05. The Morgan fingerprint density at radius 1 is 1.16 bits per heavy atom. The Kier molecular flexibility index (Phi) is 3.28. The molecule has 1 aromatic heterocycles. The molecule has 2 heteroatoms. The van der Waals surface area contributed by atoms with Crippen molar-refractivity contribution in [3.05, 3.63) is 45.8 Å². The van der Waals surface area contributed by atoms with E-state index in [4.69, 9.17) is 5.41 Å². The lowest BCUT2D eigenvalue weighted by Gasteiger charge is -2.16. The highest BCUT2D eigenvalue weighted by atomic mass is 32.1. The molecule has 0 amide bonds. The van der Waals surface area contributed by atoms with Crippen molar-refractivity contribution in [3.8, 4) is 10.4 Å². The molecule has 1 aromatic carbocycles. The molecule has 0 saturated heterocycles. The maximum absolute atomic E-state index is 7.81. The predicted octanol–water partition coefficient (Wildman–Crippen LogP) is 4.99. The minimum Gasteiger partial charge on any atom is -0.305 e. The van der Waals surface area contributed by atoms with Crippen molar-refractivity contribution >= 4 is 17.0 Å². The predicted molar refractivity (Wildman–Crippen MR) is 83.6 cm³/mol. The van der Waals surface area contributed by atoms with Crippen LogP contribution in [0.25, 0.3) is 10.4 Å². The number of hydrogen-bond acceptors (Lipinski definition) is 2. The highest BCUT2D eigenvalue weighted by Gasteiger charge is 2.14. The zero-order chi connectivity index (χ0) is 13.4. The van der Waals surface area contributed by atoms with Crippen LogP contribution in [0, 0.1) is 12.3 Å². The van der Waals surface area contributed by atoms with Gasteiger partial charge in [-0.3, -0.25) is 0 Å². The molecular formula is C17H19NS. The molecule has 2 aromatic rings. The van der Waals surface area contributed by atoms with Crippen molar-refractivity contribution in [1.29, 1.82) is 5.41 Å². The van der Waals surface area contributed by atoms with Gasteiger partial charge in [0.15, 0.2) is 0 Å². The van der Waals surface area contributed by atoms with E-state index in [-0.39, 0.29) is 0 Å². The number of thiophene rings is 1. The fourth-order valence-electron chi connectivity index (χ4n) is 2.95. The average Bonchev–Trinajstić information content (AvgIpc) is 2.80. The summed E-state index contributed by atoms with van der Waals surface area (Å²) >= 11 is 1.77. The van der Waals surface area contributed by atoms with Gasteiger partial charge in [-0.05, 0) is 61.8 Å². The van der Waals surface area contributed by atoms with E-state index in [1.165, 1.54) is 52.8 Å². The van der Waals surface area contributed by atoms with Crippen molar-refractivity contribution < 1.29 is 0 Å². The molecule has 0 bridgehead atoms. The third kappa shape index (κ3) is 2.25. The van der Waals surface area contributed by atoms with Crippen LogP contribution in [-0.2, 0) is 12.8 Å². The van der Waals surface area contributed by atoms with Crippen LogP contribution in [0.2, 0.25) is 0 Å². The number of nitrogens with one attached hydrogen (secondary N) is 1. The van der Waals surface area contributed by atoms with Crippen LogP contribution in [-0.4, -0.2) is 5.71 Å². The smallest absolute Gasteiger partial charge is 0.0378 e. The number of aryl methyl sites for hydroxylation is 2. The highest BCUT2D eigenvalue weighted by Crippen LogP contribution is 2.34. The van der Waals surface area contributed by atoms with Crippen LogP contribution < -0.4 is 0 Å². The summed E-state index contributed by atoms with van der Waals surface area (Å²) in [6.45, 7) is 4.00. The summed E-state index contributed by atoms with van der Waals surface area (Å²) in [4.78, 5) is 1.33. The summed E-state index contributed by atoms with van der Waals surface area (Å²) in [5, 5.41) is 9.93. The summed E-state index contributed by atoms with van der Waals surface area (Å²) < 4.78 is 0. The Labute approximate surface area is 118 Å². The van der Waals surface area contributed by atoms with Crippen LogP contribution in [0.5, 0.6) is 0 Å². The van der Waals surface area contributed by atoms with Gasteiger partial charge in [0.05, 0.1) is 0 Å². The number of benzene rings is 1. The maximum atomic E-state index is 7.81. The normalized spacial score (nSPS) is 14.2. The molecule has 0 saturated carbocycles. The van der Waals surface area contributed by atoms with Gasteiger partial charge in [-0.2, -0.15) is 0 Å². The molecule has 0 fully saturated rings. The van der Waals surface area contributed by atoms with Crippen LogP contribution in [0.15, 0.2) is 23.6 Å². The van der Waals surface area contributed by atoms with Crippen molar-refractivity contribution in [2.75, 3.05) is 0 Å². The molecule has 0 unspecified atom stereocenters. The summed E-state index contributed by atoms with van der Waals surface area (Å²) in [5.41, 5.74) is 7.41. The molecule has 0 radical (unpaired) electrons. The highest BCUT2D eigenvalue weighted by molar-refractivity contribution is 7.14. The topological polar surface area (TPSA) is 23.9 Å². The van der Waals surface area contributed by atoms with Crippen LogP contribution in [0.4, 0.5) is 0 Å². The summed E-state index contributed by atoms with van der Waals surface area (Å²) in [6, 6.07) is 6.93. The van der Waals surface area contributed by atoms with Crippen molar-refractivity contribution in [2.45, 2.75) is 39.5 Å². The van der Waals surface area contributed by atoms with Crippen molar-refractivity contribution in [2.24, 2.45) is 0 Å². The van der Waals surface area contributed by atoms with Gasteiger partial charge in [0.25, 0.3) is 0 Å². The van der Waals surface area contributed by atoms with E-state index in [1.54, 1.807) is 11.3 Å². The van der Waals surface area contributed by atoms with Crippen LogP contribution in [0.3, 0.4) is 0 Å². The first-order valence-electron chi connectivity index (χ1n) is 6.92. The summed E-state index contributed by atoms with van der Waals surface area (Å²) in [5.74, 6) is 0. The molecule has 0 spiro atoms. The molecule has 3 rings (SSSR count). The van der Waals surface area contributed by atoms with E-state index in [0.717, 1.165) is 5.56 Å². The fraction of sp³-hybridized carbons (Fsp3) is 0.353. The first-order chi connectivity index (χ1) is 9.16. The molecular weight excluding hydrogens is 250 g/mol. The van der Waals surface area contributed by atoms with Crippen molar-refractivity contribution in [1.82, 2.24) is 0 Å². The van der Waals surface area contributed by atoms with Gasteiger partial charge in [0.2, 0.25) is 0 Å². The summed E-state index contributed by atoms with van der Waals surface area (Å²) in [6.07, 6.45) is 5.13. The second-order valence-corrected chi connectivity index (χ2v) is 6.30. The quantitative estimate of drug-likeness (QED) is 0.743. The van der Waals surface area contributed by atoms with Crippen LogP contribution in [0.1, 0.15) is 42.0 Å². The largest absolute Gasteiger partial charge is 0.305 e. The maximum Gasteiger partial charge on any atom is 0.0378 e. The number of fused-ring (bicyclic) bond motifs is 1. The fourth-order valence-corrected chi connectivity index (χ4v) is 4.08. The zero-order valence-corrected chi connectivity index (χ0v) is 12.4. The first-order valence-corrected chi connectivity index (χ1v) is 7.80. The Morgan fingerprint density at radius 3 is 2.58 bits per heavy atom. The monoisotopic (exact) mass is 269 g/mol. The number of rotatable bonds is 2. The Hall–Kier alpha value is -1.41. The SMILES string of the molecule is CC(=N)c1csc(-c2ccc3c(c2)CCCC3)c1C.